The Labute approximate surface area is 107 Å². The van der Waals surface area contributed by atoms with Gasteiger partial charge in [0, 0.05) is 5.92 Å². The van der Waals surface area contributed by atoms with Gasteiger partial charge in [0.2, 0.25) is 0 Å². The number of nitrogens with zero attached hydrogens (tertiary/aromatic N) is 2. The van der Waals surface area contributed by atoms with Crippen LogP contribution in [-0.2, 0) is 13.0 Å². The smallest absolute Gasteiger partial charge is 0.264 e. The third-order valence-electron chi connectivity index (χ3n) is 2.69. The van der Waals surface area contributed by atoms with E-state index in [-0.39, 0.29) is 5.92 Å². The molecule has 0 saturated heterocycles. The van der Waals surface area contributed by atoms with E-state index in [2.05, 4.69) is 29.2 Å². The molecule has 4 nitrogen and oxygen atoms in total. The fraction of sp³-hybridized carbons (Fsp3) is 0.429. The fourth-order valence-corrected chi connectivity index (χ4v) is 1.53. The summed E-state index contributed by atoms with van der Waals surface area (Å²) in [5.41, 5.74) is 1.29. The number of benzene rings is 1. The number of rotatable bonds is 5. The van der Waals surface area contributed by atoms with Crippen LogP contribution >= 0.6 is 0 Å². The van der Waals surface area contributed by atoms with Gasteiger partial charge in [-0.05, 0) is 24.1 Å². The van der Waals surface area contributed by atoms with Crippen molar-refractivity contribution in [3.8, 4) is 5.75 Å². The van der Waals surface area contributed by atoms with E-state index in [0.717, 1.165) is 18.0 Å². The van der Waals surface area contributed by atoms with Crippen molar-refractivity contribution in [2.75, 3.05) is 0 Å². The lowest BCUT2D eigenvalue weighted by atomic mass is 10.2. The predicted molar refractivity (Wildman–Crippen MR) is 68.5 cm³/mol. The van der Waals surface area contributed by atoms with Crippen LogP contribution in [0.5, 0.6) is 5.75 Å². The van der Waals surface area contributed by atoms with Crippen molar-refractivity contribution in [3.63, 3.8) is 0 Å². The Morgan fingerprint density at radius 1 is 1.22 bits per heavy atom. The molecule has 0 aliphatic rings. The summed E-state index contributed by atoms with van der Waals surface area (Å²) in [5, 5.41) is 3.89. The first-order valence-corrected chi connectivity index (χ1v) is 6.23. The molecule has 2 aromatic rings. The highest BCUT2D eigenvalue weighted by Crippen LogP contribution is 2.15. The minimum absolute atomic E-state index is 0.270. The molecule has 0 saturated carbocycles. The summed E-state index contributed by atoms with van der Waals surface area (Å²) >= 11 is 0. The lowest BCUT2D eigenvalue weighted by Gasteiger charge is -2.03. The Morgan fingerprint density at radius 3 is 2.50 bits per heavy atom. The molecule has 0 aliphatic carbocycles. The highest BCUT2D eigenvalue weighted by atomic mass is 16.5. The van der Waals surface area contributed by atoms with Crippen molar-refractivity contribution in [1.29, 1.82) is 0 Å². The zero-order valence-corrected chi connectivity index (χ0v) is 11.0. The van der Waals surface area contributed by atoms with Crippen molar-refractivity contribution in [1.82, 2.24) is 10.1 Å². The van der Waals surface area contributed by atoms with Crippen LogP contribution in [0.1, 0.15) is 44.0 Å². The molecule has 1 heterocycles. The largest absolute Gasteiger partial charge is 0.484 e. The molecule has 0 unspecified atom stereocenters. The molecule has 0 atom stereocenters. The van der Waals surface area contributed by atoms with Crippen molar-refractivity contribution in [2.24, 2.45) is 0 Å². The quantitative estimate of drug-likeness (QED) is 0.811. The van der Waals surface area contributed by atoms with E-state index < -0.39 is 0 Å². The molecule has 0 fully saturated rings. The molecule has 0 N–H and O–H groups in total. The maximum Gasteiger partial charge on any atom is 0.264 e. The molecular weight excluding hydrogens is 228 g/mol. The van der Waals surface area contributed by atoms with Crippen LogP contribution in [0.3, 0.4) is 0 Å². The second-order valence-corrected chi connectivity index (χ2v) is 4.49. The van der Waals surface area contributed by atoms with Crippen LogP contribution in [0.15, 0.2) is 28.8 Å². The molecule has 0 spiro atoms. The third kappa shape index (κ3) is 3.09. The van der Waals surface area contributed by atoms with Gasteiger partial charge in [0.25, 0.3) is 5.89 Å². The average molecular weight is 246 g/mol. The van der Waals surface area contributed by atoms with Crippen LogP contribution in [0.2, 0.25) is 0 Å². The lowest BCUT2D eigenvalue weighted by Crippen LogP contribution is -1.97. The second-order valence-electron chi connectivity index (χ2n) is 4.49. The van der Waals surface area contributed by atoms with Gasteiger partial charge in [-0.15, -0.1) is 0 Å². The van der Waals surface area contributed by atoms with Gasteiger partial charge in [0.15, 0.2) is 12.4 Å². The summed E-state index contributed by atoms with van der Waals surface area (Å²) in [6.07, 6.45) is 1.03. The maximum absolute atomic E-state index is 5.59. The number of aryl methyl sites for hydroxylation is 1. The number of hydrogen-bond acceptors (Lipinski definition) is 4. The summed E-state index contributed by atoms with van der Waals surface area (Å²) in [6, 6.07) is 8.03. The fourth-order valence-electron chi connectivity index (χ4n) is 1.53. The van der Waals surface area contributed by atoms with Crippen molar-refractivity contribution < 1.29 is 9.26 Å². The summed E-state index contributed by atoms with van der Waals surface area (Å²) in [4.78, 5) is 4.26. The maximum atomic E-state index is 5.59. The van der Waals surface area contributed by atoms with Crippen molar-refractivity contribution >= 4 is 0 Å². The van der Waals surface area contributed by atoms with E-state index >= 15 is 0 Å². The van der Waals surface area contributed by atoms with Gasteiger partial charge in [0.05, 0.1) is 0 Å². The molecule has 1 aromatic heterocycles. The lowest BCUT2D eigenvalue weighted by molar-refractivity contribution is 0.242. The highest BCUT2D eigenvalue weighted by Gasteiger charge is 2.09. The highest BCUT2D eigenvalue weighted by molar-refractivity contribution is 5.27. The van der Waals surface area contributed by atoms with Crippen molar-refractivity contribution in [2.45, 2.75) is 39.7 Å². The van der Waals surface area contributed by atoms with E-state index in [4.69, 9.17) is 9.26 Å². The summed E-state index contributed by atoms with van der Waals surface area (Å²) in [5.74, 6) is 2.32. The Morgan fingerprint density at radius 2 is 1.94 bits per heavy atom. The molecule has 0 bridgehead atoms. The SMILES string of the molecule is CCc1ccc(OCc2nc(C(C)C)no2)cc1. The van der Waals surface area contributed by atoms with Crippen LogP contribution < -0.4 is 4.74 Å². The molecule has 4 heteroatoms. The van der Waals surface area contributed by atoms with E-state index in [1.807, 2.05) is 26.0 Å². The average Bonchev–Trinajstić information content (AvgIpc) is 2.86. The third-order valence-corrected chi connectivity index (χ3v) is 2.69. The predicted octanol–water partition coefficient (Wildman–Crippen LogP) is 3.33. The van der Waals surface area contributed by atoms with Crippen LogP contribution in [0.4, 0.5) is 0 Å². The topological polar surface area (TPSA) is 48.2 Å². The van der Waals surface area contributed by atoms with Gasteiger partial charge in [-0.25, -0.2) is 0 Å². The first-order chi connectivity index (χ1) is 8.69. The standard InChI is InChI=1S/C14H18N2O2/c1-4-11-5-7-12(8-6-11)17-9-13-15-14(10(2)3)16-18-13/h5-8,10H,4,9H2,1-3H3. The van der Waals surface area contributed by atoms with Gasteiger partial charge in [-0.2, -0.15) is 4.98 Å². The zero-order valence-electron chi connectivity index (χ0n) is 11.0. The minimum atomic E-state index is 0.270. The van der Waals surface area contributed by atoms with Crippen LogP contribution in [-0.4, -0.2) is 10.1 Å². The molecule has 18 heavy (non-hydrogen) atoms. The van der Waals surface area contributed by atoms with Gasteiger partial charge < -0.3 is 9.26 Å². The Balaban J connectivity index is 1.93. The normalized spacial score (nSPS) is 10.9. The monoisotopic (exact) mass is 246 g/mol. The van der Waals surface area contributed by atoms with Crippen LogP contribution in [0, 0.1) is 0 Å². The molecule has 1 aromatic carbocycles. The van der Waals surface area contributed by atoms with Gasteiger partial charge in [-0.3, -0.25) is 0 Å². The Hall–Kier alpha value is -1.84. The van der Waals surface area contributed by atoms with Gasteiger partial charge in [0.1, 0.15) is 5.75 Å². The molecule has 96 valence electrons. The van der Waals surface area contributed by atoms with Gasteiger partial charge in [-0.1, -0.05) is 38.1 Å². The molecule has 0 radical (unpaired) electrons. The molecule has 2 rings (SSSR count). The van der Waals surface area contributed by atoms with E-state index in [9.17, 15) is 0 Å². The van der Waals surface area contributed by atoms with E-state index in [0.29, 0.717) is 12.5 Å². The Kier molecular flexibility index (Phi) is 3.97. The summed E-state index contributed by atoms with van der Waals surface area (Å²) < 4.78 is 10.7. The number of aromatic nitrogens is 2. The molecule has 0 aliphatic heterocycles. The first-order valence-electron chi connectivity index (χ1n) is 6.23. The van der Waals surface area contributed by atoms with E-state index in [1.54, 1.807) is 0 Å². The summed E-state index contributed by atoms with van der Waals surface area (Å²) in [7, 11) is 0. The number of hydrogen-bond donors (Lipinski definition) is 0. The Bertz CT molecular complexity index is 489. The van der Waals surface area contributed by atoms with Gasteiger partial charge >= 0.3 is 0 Å². The molecular formula is C14H18N2O2. The second kappa shape index (κ2) is 5.67. The van der Waals surface area contributed by atoms with Crippen LogP contribution in [0.25, 0.3) is 0 Å². The molecule has 0 amide bonds. The van der Waals surface area contributed by atoms with E-state index in [1.165, 1.54) is 5.56 Å². The minimum Gasteiger partial charge on any atom is -0.484 e. The van der Waals surface area contributed by atoms with Crippen molar-refractivity contribution in [3.05, 3.63) is 41.5 Å². The summed E-state index contributed by atoms with van der Waals surface area (Å²) in [6.45, 7) is 6.49. The number of ether oxygens (including phenoxy) is 1. The first kappa shape index (κ1) is 12.6. The zero-order chi connectivity index (χ0) is 13.0.